The minimum Gasteiger partial charge on any atom is -0.493 e. The molecule has 4 nitrogen and oxygen atoms in total. The van der Waals surface area contributed by atoms with Gasteiger partial charge in [0.25, 0.3) is 0 Å². The van der Waals surface area contributed by atoms with E-state index in [4.69, 9.17) is 14.6 Å². The van der Waals surface area contributed by atoms with E-state index in [0.29, 0.717) is 13.0 Å². The highest BCUT2D eigenvalue weighted by molar-refractivity contribution is 5.67. The Kier molecular flexibility index (Phi) is 2.99. The van der Waals surface area contributed by atoms with Gasteiger partial charge in [-0.05, 0) is 18.1 Å². The number of rotatable bonds is 4. The quantitative estimate of drug-likeness (QED) is 0.841. The van der Waals surface area contributed by atoms with Crippen molar-refractivity contribution in [3.63, 3.8) is 0 Å². The van der Waals surface area contributed by atoms with Crippen molar-refractivity contribution >= 4 is 5.97 Å². The molecule has 0 atom stereocenters. The van der Waals surface area contributed by atoms with Crippen LogP contribution >= 0.6 is 0 Å². The number of carbonyl (C=O) groups is 1. The second-order valence-corrected chi connectivity index (χ2v) is 3.73. The molecule has 1 N–H and O–H groups in total. The Bertz CT molecular complexity index is 412. The molecule has 16 heavy (non-hydrogen) atoms. The smallest absolute Gasteiger partial charge is 0.303 e. The fourth-order valence-corrected chi connectivity index (χ4v) is 1.97. The summed E-state index contributed by atoms with van der Waals surface area (Å²) in [6.45, 7) is 0.649. The Hall–Kier alpha value is -1.71. The first-order valence-electron chi connectivity index (χ1n) is 5.25. The van der Waals surface area contributed by atoms with Crippen LogP contribution < -0.4 is 9.47 Å². The number of carboxylic acid groups (broad SMARTS) is 1. The van der Waals surface area contributed by atoms with Gasteiger partial charge in [0.2, 0.25) is 0 Å². The van der Waals surface area contributed by atoms with Gasteiger partial charge in [-0.25, -0.2) is 0 Å². The summed E-state index contributed by atoms with van der Waals surface area (Å²) in [5.41, 5.74) is 2.15. The van der Waals surface area contributed by atoms with E-state index in [-0.39, 0.29) is 6.42 Å². The molecule has 1 aliphatic heterocycles. The minimum atomic E-state index is -0.775. The summed E-state index contributed by atoms with van der Waals surface area (Å²) in [5.74, 6) is 0.737. The lowest BCUT2D eigenvalue weighted by Gasteiger charge is -2.10. The molecule has 1 heterocycles. The zero-order chi connectivity index (χ0) is 11.5. The summed E-state index contributed by atoms with van der Waals surface area (Å²) in [5, 5.41) is 8.67. The van der Waals surface area contributed by atoms with Crippen LogP contribution in [0.25, 0.3) is 0 Å². The molecule has 0 amide bonds. The number of aryl methyl sites for hydroxylation is 1. The fourth-order valence-electron chi connectivity index (χ4n) is 1.97. The molecule has 1 aromatic rings. The summed E-state index contributed by atoms with van der Waals surface area (Å²) in [6, 6.07) is 3.76. The molecule has 4 heteroatoms. The van der Waals surface area contributed by atoms with E-state index in [1.54, 1.807) is 7.11 Å². The van der Waals surface area contributed by atoms with E-state index in [9.17, 15) is 4.79 Å². The van der Waals surface area contributed by atoms with Gasteiger partial charge in [0, 0.05) is 18.4 Å². The zero-order valence-corrected chi connectivity index (χ0v) is 9.16. The number of methoxy groups -OCH3 is 1. The maximum absolute atomic E-state index is 10.5. The molecule has 0 bridgehead atoms. The third-order valence-electron chi connectivity index (χ3n) is 2.75. The predicted octanol–water partition coefficient (Wildman–Crippen LogP) is 1.65. The van der Waals surface area contributed by atoms with Crippen LogP contribution in [0.15, 0.2) is 12.1 Å². The lowest BCUT2D eigenvalue weighted by molar-refractivity contribution is -0.136. The Balaban J connectivity index is 2.27. The van der Waals surface area contributed by atoms with Crippen LogP contribution in [-0.2, 0) is 17.6 Å². The van der Waals surface area contributed by atoms with E-state index in [2.05, 4.69) is 0 Å². The highest BCUT2D eigenvalue weighted by Gasteiger charge is 2.20. The van der Waals surface area contributed by atoms with Crippen molar-refractivity contribution in [3.8, 4) is 11.5 Å². The molecule has 0 aromatic heterocycles. The number of fused-ring (bicyclic) bond motifs is 1. The van der Waals surface area contributed by atoms with E-state index in [1.807, 2.05) is 12.1 Å². The van der Waals surface area contributed by atoms with Crippen molar-refractivity contribution < 1.29 is 19.4 Å². The molecule has 0 unspecified atom stereocenters. The Morgan fingerprint density at radius 3 is 3.06 bits per heavy atom. The monoisotopic (exact) mass is 222 g/mol. The molecule has 2 rings (SSSR count). The first kappa shape index (κ1) is 10.8. The van der Waals surface area contributed by atoms with Crippen LogP contribution in [0.5, 0.6) is 11.5 Å². The maximum Gasteiger partial charge on any atom is 0.303 e. The Morgan fingerprint density at radius 1 is 1.56 bits per heavy atom. The highest BCUT2D eigenvalue weighted by Crippen LogP contribution is 2.38. The molecule has 0 spiro atoms. The van der Waals surface area contributed by atoms with Crippen molar-refractivity contribution in [2.75, 3.05) is 13.7 Å². The van der Waals surface area contributed by atoms with Crippen LogP contribution in [0.1, 0.15) is 17.5 Å². The Labute approximate surface area is 93.8 Å². The number of benzene rings is 1. The van der Waals surface area contributed by atoms with Crippen molar-refractivity contribution in [1.82, 2.24) is 0 Å². The average Bonchev–Trinajstić information content (AvgIpc) is 2.74. The van der Waals surface area contributed by atoms with E-state index in [1.165, 1.54) is 0 Å². The summed E-state index contributed by atoms with van der Waals surface area (Å²) >= 11 is 0. The van der Waals surface area contributed by atoms with E-state index >= 15 is 0 Å². The van der Waals surface area contributed by atoms with Crippen LogP contribution in [0.2, 0.25) is 0 Å². The topological polar surface area (TPSA) is 55.8 Å². The second kappa shape index (κ2) is 4.43. The Morgan fingerprint density at radius 2 is 2.38 bits per heavy atom. The second-order valence-electron chi connectivity index (χ2n) is 3.73. The summed E-state index contributed by atoms with van der Waals surface area (Å²) in [7, 11) is 1.61. The first-order valence-corrected chi connectivity index (χ1v) is 5.25. The van der Waals surface area contributed by atoms with Crippen LogP contribution in [0.4, 0.5) is 0 Å². The molecule has 0 saturated heterocycles. The number of hydrogen-bond donors (Lipinski definition) is 1. The average molecular weight is 222 g/mol. The summed E-state index contributed by atoms with van der Waals surface area (Å²) < 4.78 is 10.7. The molecule has 0 radical (unpaired) electrons. The van der Waals surface area contributed by atoms with Gasteiger partial charge in [-0.2, -0.15) is 0 Å². The largest absolute Gasteiger partial charge is 0.493 e. The highest BCUT2D eigenvalue weighted by atomic mass is 16.5. The number of aliphatic carboxylic acids is 1. The SMILES string of the molecule is COc1ccc(CCC(=O)O)c2c1OCC2. The standard InChI is InChI=1S/C12H14O4/c1-15-10-4-2-8(3-5-11(13)14)9-6-7-16-12(9)10/h2,4H,3,5-7H2,1H3,(H,13,14). The fraction of sp³-hybridized carbons (Fsp3) is 0.417. The van der Waals surface area contributed by atoms with Crippen molar-refractivity contribution in [1.29, 1.82) is 0 Å². The number of hydrogen-bond acceptors (Lipinski definition) is 3. The van der Waals surface area contributed by atoms with Gasteiger partial charge in [-0.3, -0.25) is 4.79 Å². The third kappa shape index (κ3) is 1.96. The molecular weight excluding hydrogens is 208 g/mol. The third-order valence-corrected chi connectivity index (χ3v) is 2.75. The van der Waals surface area contributed by atoms with E-state index in [0.717, 1.165) is 29.0 Å². The van der Waals surface area contributed by atoms with Crippen molar-refractivity contribution in [2.45, 2.75) is 19.3 Å². The van der Waals surface area contributed by atoms with Gasteiger partial charge in [-0.1, -0.05) is 6.07 Å². The predicted molar refractivity (Wildman–Crippen MR) is 58.1 cm³/mol. The molecule has 0 saturated carbocycles. The first-order chi connectivity index (χ1) is 7.72. The summed E-state index contributed by atoms with van der Waals surface area (Å²) in [6.07, 6.45) is 1.53. The number of carboxylic acids is 1. The van der Waals surface area contributed by atoms with Gasteiger partial charge in [-0.15, -0.1) is 0 Å². The van der Waals surface area contributed by atoms with Gasteiger partial charge >= 0.3 is 5.97 Å². The lowest BCUT2D eigenvalue weighted by Crippen LogP contribution is -2.00. The van der Waals surface area contributed by atoms with Gasteiger partial charge in [0.1, 0.15) is 0 Å². The lowest BCUT2D eigenvalue weighted by atomic mass is 10.0. The molecular formula is C12H14O4. The van der Waals surface area contributed by atoms with E-state index < -0.39 is 5.97 Å². The van der Waals surface area contributed by atoms with Crippen LogP contribution in [0.3, 0.4) is 0 Å². The molecule has 0 aliphatic carbocycles. The van der Waals surface area contributed by atoms with Crippen molar-refractivity contribution in [2.24, 2.45) is 0 Å². The zero-order valence-electron chi connectivity index (χ0n) is 9.16. The molecule has 1 aliphatic rings. The summed E-state index contributed by atoms with van der Waals surface area (Å²) in [4.78, 5) is 10.5. The number of ether oxygens (including phenoxy) is 2. The normalized spacial score (nSPS) is 13.1. The van der Waals surface area contributed by atoms with Crippen LogP contribution in [0, 0.1) is 0 Å². The van der Waals surface area contributed by atoms with Gasteiger partial charge in [0.15, 0.2) is 11.5 Å². The minimum absolute atomic E-state index is 0.152. The molecule has 0 fully saturated rings. The van der Waals surface area contributed by atoms with Gasteiger partial charge in [0.05, 0.1) is 13.7 Å². The molecule has 86 valence electrons. The molecule has 1 aromatic carbocycles. The maximum atomic E-state index is 10.5. The van der Waals surface area contributed by atoms with Crippen LogP contribution in [-0.4, -0.2) is 24.8 Å². The van der Waals surface area contributed by atoms with Gasteiger partial charge < -0.3 is 14.6 Å². The van der Waals surface area contributed by atoms with Crippen molar-refractivity contribution in [3.05, 3.63) is 23.3 Å².